The van der Waals surface area contributed by atoms with E-state index in [1.54, 1.807) is 7.11 Å². The first kappa shape index (κ1) is 13.5. The van der Waals surface area contributed by atoms with Gasteiger partial charge in [-0.15, -0.1) is 0 Å². The standard InChI is InChI=1S/C16H18ClNO2/c1-19-14-6-5-11(17)10-12(14)15-7-8-16(20-15)13-4-2-3-9-18-13/h5-8,10,13,18H,2-4,9H2,1H3/t13-/m1/s1. The van der Waals surface area contributed by atoms with Crippen molar-refractivity contribution in [2.45, 2.75) is 25.3 Å². The lowest BCUT2D eigenvalue weighted by Crippen LogP contribution is -2.26. The lowest BCUT2D eigenvalue weighted by molar-refractivity contribution is 0.352. The summed E-state index contributed by atoms with van der Waals surface area (Å²) in [5.41, 5.74) is 0.891. The molecule has 1 aromatic heterocycles. The first-order chi connectivity index (χ1) is 9.78. The van der Waals surface area contributed by atoms with Crippen molar-refractivity contribution in [3.8, 4) is 17.1 Å². The minimum absolute atomic E-state index is 0.322. The van der Waals surface area contributed by atoms with Crippen molar-refractivity contribution in [1.82, 2.24) is 5.32 Å². The van der Waals surface area contributed by atoms with E-state index in [4.69, 9.17) is 20.8 Å². The van der Waals surface area contributed by atoms with Gasteiger partial charge in [0.25, 0.3) is 0 Å². The van der Waals surface area contributed by atoms with Crippen molar-refractivity contribution in [2.24, 2.45) is 0 Å². The Balaban J connectivity index is 1.91. The molecule has 1 aliphatic rings. The highest BCUT2D eigenvalue weighted by atomic mass is 35.5. The zero-order valence-electron chi connectivity index (χ0n) is 11.5. The Hall–Kier alpha value is -1.45. The largest absolute Gasteiger partial charge is 0.496 e. The average molecular weight is 292 g/mol. The van der Waals surface area contributed by atoms with Gasteiger partial charge in [-0.25, -0.2) is 0 Å². The van der Waals surface area contributed by atoms with Gasteiger partial charge in [0.2, 0.25) is 0 Å². The molecule has 0 aliphatic carbocycles. The molecule has 0 radical (unpaired) electrons. The summed E-state index contributed by atoms with van der Waals surface area (Å²) in [6, 6.07) is 9.90. The van der Waals surface area contributed by atoms with Gasteiger partial charge in [0.15, 0.2) is 0 Å². The van der Waals surface area contributed by atoms with Crippen LogP contribution in [0, 0.1) is 0 Å². The van der Waals surface area contributed by atoms with Gasteiger partial charge in [-0.05, 0) is 49.7 Å². The summed E-state index contributed by atoms with van der Waals surface area (Å²) < 4.78 is 11.4. The number of hydrogen-bond donors (Lipinski definition) is 1. The van der Waals surface area contributed by atoms with Crippen LogP contribution in [0.1, 0.15) is 31.1 Å². The van der Waals surface area contributed by atoms with E-state index in [-0.39, 0.29) is 0 Å². The Kier molecular flexibility index (Phi) is 3.99. The lowest BCUT2D eigenvalue weighted by Gasteiger charge is -2.21. The van der Waals surface area contributed by atoms with Crippen molar-refractivity contribution in [3.63, 3.8) is 0 Å². The molecule has 1 saturated heterocycles. The van der Waals surface area contributed by atoms with Crippen LogP contribution in [0.2, 0.25) is 5.02 Å². The zero-order valence-corrected chi connectivity index (χ0v) is 12.2. The fraction of sp³-hybridized carbons (Fsp3) is 0.375. The molecular formula is C16H18ClNO2. The highest BCUT2D eigenvalue weighted by Gasteiger charge is 2.19. The summed E-state index contributed by atoms with van der Waals surface area (Å²) in [6.45, 7) is 1.06. The number of ether oxygens (including phenoxy) is 1. The molecule has 0 amide bonds. The van der Waals surface area contributed by atoms with Crippen LogP contribution in [-0.2, 0) is 0 Å². The van der Waals surface area contributed by atoms with Crippen LogP contribution in [0.3, 0.4) is 0 Å². The number of piperidine rings is 1. The molecule has 1 aromatic carbocycles. The van der Waals surface area contributed by atoms with Crippen molar-refractivity contribution in [1.29, 1.82) is 0 Å². The molecule has 106 valence electrons. The SMILES string of the molecule is COc1ccc(Cl)cc1-c1ccc([C@H]2CCCCN2)o1. The second kappa shape index (κ2) is 5.90. The fourth-order valence-electron chi connectivity index (χ4n) is 2.65. The number of furan rings is 1. The number of nitrogens with one attached hydrogen (secondary N) is 1. The van der Waals surface area contributed by atoms with Crippen molar-refractivity contribution in [2.75, 3.05) is 13.7 Å². The van der Waals surface area contributed by atoms with Gasteiger partial charge in [-0.1, -0.05) is 18.0 Å². The molecule has 0 unspecified atom stereocenters. The topological polar surface area (TPSA) is 34.4 Å². The van der Waals surface area contributed by atoms with Crippen LogP contribution in [0.5, 0.6) is 5.75 Å². The van der Waals surface area contributed by atoms with Gasteiger partial charge < -0.3 is 14.5 Å². The number of methoxy groups -OCH3 is 1. The Morgan fingerprint density at radius 2 is 2.15 bits per heavy atom. The average Bonchev–Trinajstić information content (AvgIpc) is 2.98. The predicted molar refractivity (Wildman–Crippen MR) is 80.3 cm³/mol. The molecule has 0 bridgehead atoms. The van der Waals surface area contributed by atoms with Gasteiger partial charge >= 0.3 is 0 Å². The number of benzene rings is 1. The molecule has 20 heavy (non-hydrogen) atoms. The number of hydrogen-bond acceptors (Lipinski definition) is 3. The van der Waals surface area contributed by atoms with Crippen molar-refractivity contribution < 1.29 is 9.15 Å². The van der Waals surface area contributed by atoms with Crippen LogP contribution in [0.15, 0.2) is 34.7 Å². The van der Waals surface area contributed by atoms with E-state index in [2.05, 4.69) is 5.32 Å². The molecule has 1 aliphatic heterocycles. The molecule has 1 atom stereocenters. The Morgan fingerprint density at radius 1 is 1.25 bits per heavy atom. The Morgan fingerprint density at radius 3 is 2.90 bits per heavy atom. The normalized spacial score (nSPS) is 19.0. The molecule has 3 nitrogen and oxygen atoms in total. The first-order valence-corrected chi connectivity index (χ1v) is 7.33. The quantitative estimate of drug-likeness (QED) is 0.909. The van der Waals surface area contributed by atoms with Crippen molar-refractivity contribution >= 4 is 11.6 Å². The van der Waals surface area contributed by atoms with Crippen LogP contribution in [0.25, 0.3) is 11.3 Å². The molecule has 0 spiro atoms. The van der Waals surface area contributed by atoms with Gasteiger partial charge in [0, 0.05) is 5.02 Å². The van der Waals surface area contributed by atoms with E-state index in [9.17, 15) is 0 Å². The third-order valence-corrected chi connectivity index (χ3v) is 3.94. The Labute approximate surface area is 123 Å². The highest BCUT2D eigenvalue weighted by Crippen LogP contribution is 2.35. The van der Waals surface area contributed by atoms with Gasteiger partial charge in [-0.3, -0.25) is 0 Å². The molecule has 0 saturated carbocycles. The van der Waals surface area contributed by atoms with Crippen LogP contribution < -0.4 is 10.1 Å². The van der Waals surface area contributed by atoms with Gasteiger partial charge in [0.1, 0.15) is 17.3 Å². The maximum Gasteiger partial charge on any atom is 0.138 e. The number of halogens is 1. The lowest BCUT2D eigenvalue weighted by atomic mass is 10.0. The second-order valence-corrected chi connectivity index (χ2v) is 5.49. The molecule has 2 heterocycles. The van der Waals surface area contributed by atoms with Crippen molar-refractivity contribution in [3.05, 3.63) is 41.1 Å². The van der Waals surface area contributed by atoms with Gasteiger partial charge in [0.05, 0.1) is 18.7 Å². The maximum atomic E-state index is 6.07. The highest BCUT2D eigenvalue weighted by molar-refractivity contribution is 6.30. The van der Waals surface area contributed by atoms with Gasteiger partial charge in [-0.2, -0.15) is 0 Å². The summed E-state index contributed by atoms with van der Waals surface area (Å²) in [5, 5.41) is 4.16. The summed E-state index contributed by atoms with van der Waals surface area (Å²) in [6.07, 6.45) is 3.61. The monoisotopic (exact) mass is 291 g/mol. The van der Waals surface area contributed by atoms with E-state index in [1.165, 1.54) is 12.8 Å². The van der Waals surface area contributed by atoms with E-state index < -0.39 is 0 Å². The molecule has 3 rings (SSSR count). The summed E-state index contributed by atoms with van der Waals surface area (Å²) >= 11 is 6.07. The maximum absolute atomic E-state index is 6.07. The van der Waals surface area contributed by atoms with E-state index >= 15 is 0 Å². The third-order valence-electron chi connectivity index (χ3n) is 3.71. The fourth-order valence-corrected chi connectivity index (χ4v) is 2.82. The minimum atomic E-state index is 0.322. The van der Waals surface area contributed by atoms with E-state index in [0.29, 0.717) is 11.1 Å². The smallest absolute Gasteiger partial charge is 0.138 e. The third kappa shape index (κ3) is 2.69. The molecule has 1 N–H and O–H groups in total. The Bertz CT molecular complexity index is 588. The first-order valence-electron chi connectivity index (χ1n) is 6.95. The summed E-state index contributed by atoms with van der Waals surface area (Å²) in [4.78, 5) is 0. The van der Waals surface area contributed by atoms with Crippen LogP contribution in [0.4, 0.5) is 0 Å². The summed E-state index contributed by atoms with van der Waals surface area (Å²) in [5.74, 6) is 2.56. The molecular weight excluding hydrogens is 274 g/mol. The minimum Gasteiger partial charge on any atom is -0.496 e. The van der Waals surface area contributed by atoms with Crippen LogP contribution >= 0.6 is 11.6 Å². The molecule has 4 heteroatoms. The van der Waals surface area contributed by atoms with E-state index in [0.717, 1.165) is 35.8 Å². The zero-order chi connectivity index (χ0) is 13.9. The van der Waals surface area contributed by atoms with Crippen LogP contribution in [-0.4, -0.2) is 13.7 Å². The number of rotatable bonds is 3. The van der Waals surface area contributed by atoms with E-state index in [1.807, 2.05) is 30.3 Å². The summed E-state index contributed by atoms with van der Waals surface area (Å²) in [7, 11) is 1.65. The molecule has 1 fully saturated rings. The molecule has 2 aromatic rings. The predicted octanol–water partition coefficient (Wildman–Crippen LogP) is 4.42. The second-order valence-electron chi connectivity index (χ2n) is 5.05.